The predicted molar refractivity (Wildman–Crippen MR) is 129 cm³/mol. The molecule has 5 rings (SSSR count). The molecule has 0 aliphatic heterocycles. The number of nitrogens with zero attached hydrogens (tertiary/aromatic N) is 2. The highest BCUT2D eigenvalue weighted by Crippen LogP contribution is 2.31. The monoisotopic (exact) mass is 472 g/mol. The minimum Gasteiger partial charge on any atom is -0.459 e. The number of carbonyl (C=O) groups excluding carboxylic acids is 2. The molecular formula is C25H20N4O4S. The molecule has 2 amide bonds. The summed E-state index contributed by atoms with van der Waals surface area (Å²) in [5, 5.41) is 10.3. The van der Waals surface area contributed by atoms with E-state index in [2.05, 4.69) is 20.8 Å². The molecule has 2 N–H and O–H groups in total. The first-order valence-corrected chi connectivity index (χ1v) is 11.4. The van der Waals surface area contributed by atoms with E-state index in [0.717, 1.165) is 15.3 Å². The Bertz CT molecular complexity index is 1500. The second kappa shape index (κ2) is 8.95. The van der Waals surface area contributed by atoms with Gasteiger partial charge in [0.25, 0.3) is 17.5 Å². The number of benzene rings is 1. The highest BCUT2D eigenvalue weighted by molar-refractivity contribution is 7.15. The fraction of sp³-hybridized carbons (Fsp3) is 0.120. The van der Waals surface area contributed by atoms with Crippen molar-refractivity contribution in [2.75, 3.05) is 5.32 Å². The van der Waals surface area contributed by atoms with Crippen molar-refractivity contribution in [2.24, 2.45) is 0 Å². The van der Waals surface area contributed by atoms with E-state index in [0.29, 0.717) is 33.7 Å². The Kier molecular flexibility index (Phi) is 5.69. The third-order valence-corrected chi connectivity index (χ3v) is 6.26. The first-order chi connectivity index (χ1) is 16.5. The molecule has 4 heterocycles. The quantitative estimate of drug-likeness (QED) is 0.345. The van der Waals surface area contributed by atoms with Crippen LogP contribution in [0.2, 0.25) is 0 Å². The number of hydrogen-bond acceptors (Lipinski definition) is 7. The van der Waals surface area contributed by atoms with E-state index in [9.17, 15) is 9.59 Å². The smallest absolute Gasteiger partial charge is 0.291 e. The third kappa shape index (κ3) is 4.33. The first-order valence-electron chi connectivity index (χ1n) is 10.5. The zero-order valence-electron chi connectivity index (χ0n) is 18.4. The SMILES string of the molecule is Cc1ccc(-c2cc(C(=O)NCc3cccc(NC(=O)c4ccco4)c3)c3c(C)noc3n2)s1. The molecule has 0 aliphatic rings. The van der Waals surface area contributed by atoms with Gasteiger partial charge in [0.1, 0.15) is 0 Å². The summed E-state index contributed by atoms with van der Waals surface area (Å²) >= 11 is 1.59. The van der Waals surface area contributed by atoms with Crippen molar-refractivity contribution in [1.29, 1.82) is 0 Å². The molecule has 0 fully saturated rings. The Morgan fingerprint density at radius 2 is 1.91 bits per heavy atom. The van der Waals surface area contributed by atoms with Crippen LogP contribution in [0, 0.1) is 13.8 Å². The van der Waals surface area contributed by atoms with Crippen LogP contribution in [0.15, 0.2) is 69.8 Å². The van der Waals surface area contributed by atoms with Crippen molar-refractivity contribution >= 4 is 39.9 Å². The molecule has 9 heteroatoms. The maximum atomic E-state index is 13.2. The molecule has 0 atom stereocenters. The van der Waals surface area contributed by atoms with Gasteiger partial charge in [-0.05, 0) is 61.9 Å². The van der Waals surface area contributed by atoms with Crippen molar-refractivity contribution in [3.05, 3.63) is 88.3 Å². The topological polar surface area (TPSA) is 110 Å². The van der Waals surface area contributed by atoms with E-state index in [4.69, 9.17) is 8.94 Å². The van der Waals surface area contributed by atoms with Crippen LogP contribution in [-0.2, 0) is 6.54 Å². The van der Waals surface area contributed by atoms with E-state index in [-0.39, 0.29) is 24.1 Å². The van der Waals surface area contributed by atoms with Crippen LogP contribution in [-0.4, -0.2) is 22.0 Å². The van der Waals surface area contributed by atoms with Crippen LogP contribution >= 0.6 is 11.3 Å². The Balaban J connectivity index is 1.36. The fourth-order valence-corrected chi connectivity index (χ4v) is 4.44. The van der Waals surface area contributed by atoms with E-state index < -0.39 is 0 Å². The van der Waals surface area contributed by atoms with Gasteiger partial charge in [-0.15, -0.1) is 11.3 Å². The lowest BCUT2D eigenvalue weighted by Gasteiger charge is -2.09. The normalized spacial score (nSPS) is 11.0. The van der Waals surface area contributed by atoms with Gasteiger partial charge < -0.3 is 19.6 Å². The molecule has 0 bridgehead atoms. The zero-order chi connectivity index (χ0) is 23.7. The lowest BCUT2D eigenvalue weighted by atomic mass is 10.1. The van der Waals surface area contributed by atoms with Crippen molar-refractivity contribution in [2.45, 2.75) is 20.4 Å². The first kappa shape index (κ1) is 21.6. The van der Waals surface area contributed by atoms with Crippen molar-refractivity contribution in [3.8, 4) is 10.6 Å². The molecular weight excluding hydrogens is 452 g/mol. The van der Waals surface area contributed by atoms with Gasteiger partial charge in [0.15, 0.2) is 5.76 Å². The van der Waals surface area contributed by atoms with Crippen LogP contribution in [0.4, 0.5) is 5.69 Å². The zero-order valence-corrected chi connectivity index (χ0v) is 19.2. The average Bonchev–Trinajstić information content (AvgIpc) is 3.59. The Hall–Kier alpha value is -4.24. The summed E-state index contributed by atoms with van der Waals surface area (Å²) in [7, 11) is 0. The molecule has 0 spiro atoms. The molecule has 0 radical (unpaired) electrons. The van der Waals surface area contributed by atoms with E-state index in [1.54, 1.807) is 48.6 Å². The minimum atomic E-state index is -0.343. The fourth-order valence-electron chi connectivity index (χ4n) is 3.61. The van der Waals surface area contributed by atoms with E-state index in [1.165, 1.54) is 6.26 Å². The Labute approximate surface area is 198 Å². The molecule has 8 nitrogen and oxygen atoms in total. The number of aromatic nitrogens is 2. The number of pyridine rings is 1. The summed E-state index contributed by atoms with van der Waals surface area (Å²) in [6, 6.07) is 16.2. The predicted octanol–water partition coefficient (Wildman–Crippen LogP) is 5.34. The second-order valence-electron chi connectivity index (χ2n) is 7.73. The van der Waals surface area contributed by atoms with Gasteiger partial charge in [0, 0.05) is 17.1 Å². The van der Waals surface area contributed by atoms with Gasteiger partial charge >= 0.3 is 0 Å². The average molecular weight is 473 g/mol. The van der Waals surface area contributed by atoms with Gasteiger partial charge in [-0.2, -0.15) is 0 Å². The summed E-state index contributed by atoms with van der Waals surface area (Å²) in [6.45, 7) is 4.07. The number of furan rings is 1. The standard InChI is InChI=1S/C25H20N4O4S/c1-14-8-9-21(34-14)19-12-18(22-15(2)29-33-25(22)28-19)23(30)26-13-16-5-3-6-17(11-16)27-24(31)20-7-4-10-32-20/h3-12H,13H2,1-2H3,(H,26,30)(H,27,31). The number of thiophene rings is 1. The van der Waals surface area contributed by atoms with Crippen molar-refractivity contribution in [1.82, 2.24) is 15.5 Å². The van der Waals surface area contributed by atoms with Gasteiger partial charge in [-0.3, -0.25) is 9.59 Å². The van der Waals surface area contributed by atoms with Crippen LogP contribution in [0.1, 0.15) is 37.0 Å². The highest BCUT2D eigenvalue weighted by Gasteiger charge is 2.20. The van der Waals surface area contributed by atoms with Crippen LogP contribution in [0.5, 0.6) is 0 Å². The number of aryl methyl sites for hydroxylation is 2. The van der Waals surface area contributed by atoms with Crippen LogP contribution < -0.4 is 10.6 Å². The molecule has 1 aromatic carbocycles. The van der Waals surface area contributed by atoms with Crippen LogP contribution in [0.25, 0.3) is 21.7 Å². The molecule has 0 saturated heterocycles. The molecule has 4 aromatic heterocycles. The van der Waals surface area contributed by atoms with Gasteiger partial charge in [-0.25, -0.2) is 4.98 Å². The lowest BCUT2D eigenvalue weighted by molar-refractivity contribution is 0.0951. The number of nitrogens with one attached hydrogen (secondary N) is 2. The van der Waals surface area contributed by atoms with E-state index >= 15 is 0 Å². The molecule has 5 aromatic rings. The maximum absolute atomic E-state index is 13.2. The summed E-state index contributed by atoms with van der Waals surface area (Å²) < 4.78 is 10.5. The highest BCUT2D eigenvalue weighted by atomic mass is 32.1. The molecule has 34 heavy (non-hydrogen) atoms. The third-order valence-electron chi connectivity index (χ3n) is 5.24. The van der Waals surface area contributed by atoms with Gasteiger partial charge in [0.05, 0.1) is 33.5 Å². The van der Waals surface area contributed by atoms with Crippen molar-refractivity contribution < 1.29 is 18.5 Å². The van der Waals surface area contributed by atoms with Gasteiger partial charge in [0.2, 0.25) is 0 Å². The number of amides is 2. The summed E-state index contributed by atoms with van der Waals surface area (Å²) in [6.07, 6.45) is 1.44. The second-order valence-corrected chi connectivity index (χ2v) is 9.02. The molecule has 0 unspecified atom stereocenters. The van der Waals surface area contributed by atoms with E-state index in [1.807, 2.05) is 31.2 Å². The number of carbonyl (C=O) groups is 2. The number of hydrogen-bond donors (Lipinski definition) is 2. The Morgan fingerprint density at radius 1 is 1.03 bits per heavy atom. The summed E-state index contributed by atoms with van der Waals surface area (Å²) in [5.74, 6) is -0.385. The lowest BCUT2D eigenvalue weighted by Crippen LogP contribution is -2.23. The summed E-state index contributed by atoms with van der Waals surface area (Å²) in [4.78, 5) is 32.1. The molecule has 0 saturated carbocycles. The van der Waals surface area contributed by atoms with Crippen LogP contribution in [0.3, 0.4) is 0 Å². The number of rotatable bonds is 6. The molecule has 0 aliphatic carbocycles. The Morgan fingerprint density at radius 3 is 2.68 bits per heavy atom. The van der Waals surface area contributed by atoms with Crippen molar-refractivity contribution in [3.63, 3.8) is 0 Å². The number of fused-ring (bicyclic) bond motifs is 1. The van der Waals surface area contributed by atoms with Gasteiger partial charge in [-0.1, -0.05) is 17.3 Å². The molecule has 170 valence electrons. The largest absolute Gasteiger partial charge is 0.459 e. The number of anilines is 1. The minimum absolute atomic E-state index is 0.223. The maximum Gasteiger partial charge on any atom is 0.291 e. The summed E-state index contributed by atoms with van der Waals surface area (Å²) in [5.41, 5.74) is 3.47.